The van der Waals surface area contributed by atoms with E-state index in [1.165, 1.54) is 11.9 Å². The molecule has 8 heteroatoms. The number of likely N-dealkylation sites (N-methyl/N-ethyl adjacent to an activating group) is 1. The van der Waals surface area contributed by atoms with Gasteiger partial charge in [0.25, 0.3) is 0 Å². The van der Waals surface area contributed by atoms with Crippen LogP contribution < -0.4 is 5.73 Å². The van der Waals surface area contributed by atoms with E-state index >= 15 is 0 Å². The third kappa shape index (κ3) is 4.20. The Morgan fingerprint density at radius 3 is 2.50 bits per heavy atom. The van der Waals surface area contributed by atoms with Gasteiger partial charge in [-0.2, -0.15) is 13.2 Å². The summed E-state index contributed by atoms with van der Waals surface area (Å²) in [5.74, 6) is -0.200. The van der Waals surface area contributed by atoms with E-state index in [4.69, 9.17) is 5.73 Å². The van der Waals surface area contributed by atoms with Crippen LogP contribution in [0.4, 0.5) is 18.9 Å². The fourth-order valence-corrected chi connectivity index (χ4v) is 2.60. The molecule has 0 bridgehead atoms. The van der Waals surface area contributed by atoms with Crippen LogP contribution in [0.3, 0.4) is 0 Å². The zero-order valence-electron chi connectivity index (χ0n) is 11.7. The fraction of sp³-hybridized carbons (Fsp3) is 0.286. The van der Waals surface area contributed by atoms with Crippen molar-refractivity contribution in [3.63, 3.8) is 0 Å². The van der Waals surface area contributed by atoms with Gasteiger partial charge in [0.1, 0.15) is 5.01 Å². The van der Waals surface area contributed by atoms with Gasteiger partial charge in [0.05, 0.1) is 13.0 Å². The summed E-state index contributed by atoms with van der Waals surface area (Å²) in [4.78, 5) is 16.9. The number of rotatable bonds is 4. The minimum absolute atomic E-state index is 0.0502. The minimum atomic E-state index is -4.46. The number of aromatic nitrogens is 1. The number of halogens is 3. The maximum Gasteiger partial charge on any atom is 0.434 e. The van der Waals surface area contributed by atoms with Crippen LogP contribution in [0.15, 0.2) is 29.6 Å². The highest BCUT2D eigenvalue weighted by Crippen LogP contribution is 2.30. The van der Waals surface area contributed by atoms with Gasteiger partial charge in [-0.15, -0.1) is 11.3 Å². The number of carbonyl (C=O) groups is 1. The summed E-state index contributed by atoms with van der Waals surface area (Å²) in [6, 6.07) is 6.87. The summed E-state index contributed by atoms with van der Waals surface area (Å²) in [6.07, 6.45) is -4.30. The average molecular weight is 329 g/mol. The molecule has 2 rings (SSSR count). The van der Waals surface area contributed by atoms with E-state index in [0.29, 0.717) is 5.69 Å². The molecule has 2 aromatic rings. The van der Waals surface area contributed by atoms with Crippen molar-refractivity contribution in [2.75, 3.05) is 12.8 Å². The summed E-state index contributed by atoms with van der Waals surface area (Å²) >= 11 is 0.889. The van der Waals surface area contributed by atoms with Crippen molar-refractivity contribution in [1.82, 2.24) is 9.88 Å². The highest BCUT2D eigenvalue weighted by molar-refractivity contribution is 7.09. The Hall–Kier alpha value is -2.09. The maximum atomic E-state index is 12.5. The Morgan fingerprint density at radius 1 is 1.32 bits per heavy atom. The lowest BCUT2D eigenvalue weighted by molar-refractivity contribution is -0.140. The normalized spacial score (nSPS) is 11.5. The van der Waals surface area contributed by atoms with Crippen LogP contribution in [-0.2, 0) is 23.9 Å². The number of carbonyl (C=O) groups excluding carboxylic acids is 1. The van der Waals surface area contributed by atoms with Gasteiger partial charge in [-0.05, 0) is 17.7 Å². The van der Waals surface area contributed by atoms with E-state index in [1.807, 2.05) is 0 Å². The van der Waals surface area contributed by atoms with Gasteiger partial charge in [0, 0.05) is 18.1 Å². The first-order valence-corrected chi connectivity index (χ1v) is 7.23. The molecule has 0 aliphatic carbocycles. The van der Waals surface area contributed by atoms with Crippen molar-refractivity contribution in [2.24, 2.45) is 0 Å². The van der Waals surface area contributed by atoms with E-state index in [1.54, 1.807) is 24.3 Å². The molecule has 22 heavy (non-hydrogen) atoms. The fourth-order valence-electron chi connectivity index (χ4n) is 1.75. The molecule has 1 amide bonds. The largest absolute Gasteiger partial charge is 0.434 e. The molecule has 0 spiro atoms. The van der Waals surface area contributed by atoms with Gasteiger partial charge >= 0.3 is 6.18 Å². The van der Waals surface area contributed by atoms with Crippen molar-refractivity contribution in [2.45, 2.75) is 19.1 Å². The summed E-state index contributed by atoms with van der Waals surface area (Å²) < 4.78 is 37.4. The highest BCUT2D eigenvalue weighted by atomic mass is 32.1. The summed E-state index contributed by atoms with van der Waals surface area (Å²) in [5.41, 5.74) is 6.04. The van der Waals surface area contributed by atoms with Crippen LogP contribution in [0.2, 0.25) is 0 Å². The third-order valence-electron chi connectivity index (χ3n) is 2.98. The van der Waals surface area contributed by atoms with E-state index < -0.39 is 11.9 Å². The lowest BCUT2D eigenvalue weighted by Crippen LogP contribution is -2.27. The second-order valence-corrected chi connectivity index (χ2v) is 5.74. The average Bonchev–Trinajstić information content (AvgIpc) is 2.90. The highest BCUT2D eigenvalue weighted by Gasteiger charge is 2.33. The standard InChI is InChI=1S/C14H14F3N3OS/c1-20(7-12-19-11(8-22-12)14(15,16)17)13(21)6-9-2-4-10(18)5-3-9/h2-5,8H,6-7,18H2,1H3. The molecule has 0 aliphatic heterocycles. The molecule has 118 valence electrons. The molecule has 4 nitrogen and oxygen atoms in total. The first-order chi connectivity index (χ1) is 10.3. The van der Waals surface area contributed by atoms with Crippen molar-refractivity contribution < 1.29 is 18.0 Å². The molecule has 0 fully saturated rings. The van der Waals surface area contributed by atoms with Gasteiger partial charge in [-0.3, -0.25) is 4.79 Å². The van der Waals surface area contributed by atoms with Crippen LogP contribution >= 0.6 is 11.3 Å². The lowest BCUT2D eigenvalue weighted by Gasteiger charge is -2.15. The predicted molar refractivity (Wildman–Crippen MR) is 78.1 cm³/mol. The second-order valence-electron chi connectivity index (χ2n) is 4.79. The first-order valence-electron chi connectivity index (χ1n) is 6.35. The van der Waals surface area contributed by atoms with Gasteiger partial charge in [-0.1, -0.05) is 12.1 Å². The first kappa shape index (κ1) is 16.3. The molecule has 0 radical (unpaired) electrons. The number of thiazole rings is 1. The van der Waals surface area contributed by atoms with Gasteiger partial charge < -0.3 is 10.6 Å². The number of nitrogens with zero attached hydrogens (tertiary/aromatic N) is 2. The number of alkyl halides is 3. The molecule has 0 saturated carbocycles. The SMILES string of the molecule is CN(Cc1nc(C(F)(F)F)cs1)C(=O)Cc1ccc(N)cc1. The quantitative estimate of drug-likeness (QED) is 0.878. The molecule has 1 aromatic carbocycles. The predicted octanol–water partition coefficient (Wildman–Crippen LogP) is 2.95. The maximum absolute atomic E-state index is 12.5. The zero-order valence-corrected chi connectivity index (χ0v) is 12.5. The van der Waals surface area contributed by atoms with Crippen LogP contribution in [0.25, 0.3) is 0 Å². The molecule has 1 heterocycles. The van der Waals surface area contributed by atoms with Gasteiger partial charge in [0.2, 0.25) is 5.91 Å². The Labute approximate surface area is 129 Å². The number of nitrogens with two attached hydrogens (primary N) is 1. The molecule has 0 saturated heterocycles. The summed E-state index contributed by atoms with van der Waals surface area (Å²) in [6.45, 7) is 0.0502. The Bertz CT molecular complexity index is 652. The van der Waals surface area contributed by atoms with Crippen LogP contribution in [0.1, 0.15) is 16.3 Å². The van der Waals surface area contributed by atoms with E-state index in [9.17, 15) is 18.0 Å². The second kappa shape index (κ2) is 6.35. The molecule has 2 N–H and O–H groups in total. The van der Waals surface area contributed by atoms with Crippen molar-refractivity contribution >= 4 is 22.9 Å². The molecule has 0 aliphatic rings. The minimum Gasteiger partial charge on any atom is -0.399 e. The van der Waals surface area contributed by atoms with Crippen LogP contribution in [-0.4, -0.2) is 22.8 Å². The molecular weight excluding hydrogens is 315 g/mol. The molecule has 0 atom stereocenters. The van der Waals surface area contributed by atoms with Crippen molar-refractivity contribution in [3.8, 4) is 0 Å². The number of amides is 1. The Kier molecular flexibility index (Phi) is 4.70. The smallest absolute Gasteiger partial charge is 0.399 e. The summed E-state index contributed by atoms with van der Waals surface area (Å²) in [7, 11) is 1.54. The van der Waals surface area contributed by atoms with Crippen LogP contribution in [0.5, 0.6) is 0 Å². The van der Waals surface area contributed by atoms with E-state index in [2.05, 4.69) is 4.98 Å². The summed E-state index contributed by atoms with van der Waals surface area (Å²) in [5, 5.41) is 1.20. The molecule has 1 aromatic heterocycles. The van der Waals surface area contributed by atoms with Crippen molar-refractivity contribution in [3.05, 3.63) is 45.9 Å². The number of benzene rings is 1. The topological polar surface area (TPSA) is 59.2 Å². The Morgan fingerprint density at radius 2 is 1.95 bits per heavy atom. The zero-order chi connectivity index (χ0) is 16.3. The molecular formula is C14H14F3N3OS. The van der Waals surface area contributed by atoms with Crippen LogP contribution in [0, 0.1) is 0 Å². The van der Waals surface area contributed by atoms with E-state index in [-0.39, 0.29) is 23.9 Å². The monoisotopic (exact) mass is 329 g/mol. The lowest BCUT2D eigenvalue weighted by atomic mass is 10.1. The number of hydrogen-bond acceptors (Lipinski definition) is 4. The number of hydrogen-bond donors (Lipinski definition) is 1. The van der Waals surface area contributed by atoms with Gasteiger partial charge in [-0.25, -0.2) is 4.98 Å². The Balaban J connectivity index is 1.96. The van der Waals surface area contributed by atoms with Crippen molar-refractivity contribution in [1.29, 1.82) is 0 Å². The van der Waals surface area contributed by atoms with Gasteiger partial charge in [0.15, 0.2) is 5.69 Å². The number of nitrogen functional groups attached to an aromatic ring is 1. The van der Waals surface area contributed by atoms with E-state index in [0.717, 1.165) is 22.3 Å². The number of anilines is 1. The third-order valence-corrected chi connectivity index (χ3v) is 3.81. The molecule has 0 unspecified atom stereocenters.